The molecule has 262 valence electrons. The van der Waals surface area contributed by atoms with E-state index < -0.39 is 0 Å². The molecule has 0 radical (unpaired) electrons. The molecule has 0 atom stereocenters. The fraction of sp³-hybridized carbons (Fsp3) is 0.0392. The van der Waals surface area contributed by atoms with Gasteiger partial charge in [0, 0.05) is 61.5 Å². The monoisotopic (exact) mass is 706 g/mol. The van der Waals surface area contributed by atoms with Crippen molar-refractivity contribution in [3.8, 4) is 22.6 Å². The summed E-state index contributed by atoms with van der Waals surface area (Å²) in [6, 6.07) is 62.1. The van der Waals surface area contributed by atoms with Crippen LogP contribution < -0.4 is 5.73 Å². The van der Waals surface area contributed by atoms with E-state index in [1.165, 1.54) is 71.7 Å². The number of nitrogen functional groups attached to an aromatic ring is 1. The van der Waals surface area contributed by atoms with Crippen molar-refractivity contribution in [1.29, 1.82) is 0 Å². The summed E-state index contributed by atoms with van der Waals surface area (Å²) in [7, 11) is 0. The van der Waals surface area contributed by atoms with Gasteiger partial charge in [-0.05, 0) is 97.3 Å². The smallest absolute Gasteiger partial charge is 0.0787 e. The predicted molar refractivity (Wildman–Crippen MR) is 231 cm³/mol. The highest BCUT2D eigenvalue weighted by atomic mass is 15.0. The highest BCUT2D eigenvalue weighted by molar-refractivity contribution is 6.10. The molecule has 0 saturated heterocycles. The fourth-order valence-electron chi connectivity index (χ4n) is 8.42. The first-order valence-corrected chi connectivity index (χ1v) is 18.8. The predicted octanol–water partition coefficient (Wildman–Crippen LogP) is 12.5. The first-order chi connectivity index (χ1) is 27.1. The largest absolute Gasteiger partial charge is 0.398 e. The Morgan fingerprint density at radius 1 is 0.509 bits per heavy atom. The Kier molecular flexibility index (Phi) is 7.88. The molecular weight excluding hydrogens is 669 g/mol. The van der Waals surface area contributed by atoms with Gasteiger partial charge in [-0.1, -0.05) is 115 Å². The number of allylic oxidation sites excluding steroid dienone is 1. The van der Waals surface area contributed by atoms with Crippen molar-refractivity contribution >= 4 is 54.9 Å². The first kappa shape index (κ1) is 32.5. The third-order valence-corrected chi connectivity index (χ3v) is 10.9. The Bertz CT molecular complexity index is 3080. The van der Waals surface area contributed by atoms with Crippen LogP contribution in [-0.2, 0) is 6.42 Å². The molecule has 0 bridgehead atoms. The average Bonchev–Trinajstić information content (AvgIpc) is 3.87. The summed E-state index contributed by atoms with van der Waals surface area (Å²) in [5.74, 6) is 0. The van der Waals surface area contributed by atoms with Crippen LogP contribution in [0, 0.1) is 6.92 Å². The lowest BCUT2D eigenvalue weighted by molar-refractivity contribution is 1.18. The van der Waals surface area contributed by atoms with E-state index in [2.05, 4.69) is 185 Å². The molecule has 11 rings (SSSR count). The summed E-state index contributed by atoms with van der Waals surface area (Å²) >= 11 is 0. The van der Waals surface area contributed by atoms with Crippen molar-refractivity contribution in [2.75, 3.05) is 5.73 Å². The standard InChI is InChI=1S/C32H23N3.C19H15N/c33-28-13-6-11-26-31(28)24(25-12-7-19-34-32(25)26)17-15-21-16-18-30-27(20-21)23-10-4-5-14-29(23)35(30)22-8-2-1-3-9-22;1-14-11-12-19-17(13-14)16-9-5-6-10-18(16)20(19)15-7-3-2-4-8-15/h1-14,16-20H,15,33H2;2-13H,1H3/b24-17-;. The van der Waals surface area contributed by atoms with Crippen molar-refractivity contribution < 1.29 is 0 Å². The van der Waals surface area contributed by atoms with Crippen LogP contribution in [0.1, 0.15) is 22.3 Å². The van der Waals surface area contributed by atoms with Crippen LogP contribution in [0.5, 0.6) is 0 Å². The molecule has 3 aromatic heterocycles. The number of para-hydroxylation sites is 4. The Morgan fingerprint density at radius 3 is 1.75 bits per heavy atom. The van der Waals surface area contributed by atoms with E-state index in [9.17, 15) is 0 Å². The van der Waals surface area contributed by atoms with Gasteiger partial charge in [0.25, 0.3) is 0 Å². The normalized spacial score (nSPS) is 12.6. The Labute approximate surface area is 320 Å². The van der Waals surface area contributed by atoms with Crippen LogP contribution in [0.2, 0.25) is 0 Å². The van der Waals surface area contributed by atoms with Crippen LogP contribution in [-0.4, -0.2) is 14.1 Å². The van der Waals surface area contributed by atoms with Crippen LogP contribution in [0.25, 0.3) is 71.8 Å². The lowest BCUT2D eigenvalue weighted by Gasteiger charge is -2.08. The van der Waals surface area contributed by atoms with Crippen molar-refractivity contribution in [1.82, 2.24) is 14.1 Å². The maximum atomic E-state index is 6.43. The molecule has 7 aromatic carbocycles. The molecule has 0 unspecified atom stereocenters. The van der Waals surface area contributed by atoms with Crippen molar-refractivity contribution in [2.24, 2.45) is 0 Å². The molecule has 4 nitrogen and oxygen atoms in total. The lowest BCUT2D eigenvalue weighted by Crippen LogP contribution is -1.94. The summed E-state index contributed by atoms with van der Waals surface area (Å²) in [5.41, 5.74) is 22.7. The van der Waals surface area contributed by atoms with Crippen molar-refractivity contribution in [3.05, 3.63) is 210 Å². The highest BCUT2D eigenvalue weighted by Gasteiger charge is 2.26. The van der Waals surface area contributed by atoms with E-state index in [4.69, 9.17) is 5.73 Å². The van der Waals surface area contributed by atoms with Crippen LogP contribution >= 0.6 is 0 Å². The zero-order chi connectivity index (χ0) is 36.9. The maximum absolute atomic E-state index is 6.43. The van der Waals surface area contributed by atoms with Gasteiger partial charge in [-0.15, -0.1) is 0 Å². The molecule has 10 aromatic rings. The number of fused-ring (bicyclic) bond motifs is 9. The van der Waals surface area contributed by atoms with E-state index in [1.807, 2.05) is 24.4 Å². The molecule has 0 amide bonds. The molecule has 2 N–H and O–H groups in total. The summed E-state index contributed by atoms with van der Waals surface area (Å²) in [4.78, 5) is 4.65. The first-order valence-electron chi connectivity index (χ1n) is 18.8. The second kappa shape index (κ2) is 13.4. The minimum absolute atomic E-state index is 0.799. The molecule has 0 aliphatic heterocycles. The topological polar surface area (TPSA) is 48.8 Å². The van der Waals surface area contributed by atoms with Crippen LogP contribution in [0.3, 0.4) is 0 Å². The van der Waals surface area contributed by atoms with E-state index in [0.29, 0.717) is 0 Å². The van der Waals surface area contributed by atoms with E-state index >= 15 is 0 Å². The van der Waals surface area contributed by atoms with Gasteiger partial charge in [0.05, 0.1) is 27.8 Å². The molecule has 3 heterocycles. The zero-order valence-corrected chi connectivity index (χ0v) is 30.5. The molecule has 4 heteroatoms. The summed E-state index contributed by atoms with van der Waals surface area (Å²) in [5, 5.41) is 5.18. The molecule has 55 heavy (non-hydrogen) atoms. The minimum atomic E-state index is 0.799. The van der Waals surface area contributed by atoms with Gasteiger partial charge < -0.3 is 14.9 Å². The van der Waals surface area contributed by atoms with Crippen molar-refractivity contribution in [2.45, 2.75) is 13.3 Å². The highest BCUT2D eigenvalue weighted by Crippen LogP contribution is 2.45. The van der Waals surface area contributed by atoms with Crippen LogP contribution in [0.15, 0.2) is 188 Å². The number of aromatic nitrogens is 3. The Hall–Kier alpha value is -7.17. The molecule has 1 aliphatic carbocycles. The Morgan fingerprint density at radius 2 is 1.07 bits per heavy atom. The molecule has 0 saturated carbocycles. The maximum Gasteiger partial charge on any atom is 0.0787 e. The SMILES string of the molecule is Cc1ccc2c(c1)c1ccccc1n2-c1ccccc1.Nc1cccc2c1/C(=C\Cc1ccc3c(c1)c1ccccc1n3-c1ccccc1)c1cccnc1-2. The second-order valence-electron chi connectivity index (χ2n) is 14.2. The van der Waals surface area contributed by atoms with Gasteiger partial charge in [0.2, 0.25) is 0 Å². The number of nitrogens with zero attached hydrogens (tertiary/aromatic N) is 3. The third-order valence-electron chi connectivity index (χ3n) is 10.9. The summed E-state index contributed by atoms with van der Waals surface area (Å²) < 4.78 is 4.69. The number of hydrogen-bond acceptors (Lipinski definition) is 2. The molecule has 0 fully saturated rings. The van der Waals surface area contributed by atoms with Gasteiger partial charge in [0.15, 0.2) is 0 Å². The number of benzene rings is 7. The number of pyridine rings is 1. The zero-order valence-electron chi connectivity index (χ0n) is 30.5. The third kappa shape index (κ3) is 5.50. The summed E-state index contributed by atoms with van der Waals surface area (Å²) in [6.07, 6.45) is 4.98. The van der Waals surface area contributed by atoms with E-state index in [1.54, 1.807) is 0 Å². The number of rotatable bonds is 4. The van der Waals surface area contributed by atoms with Gasteiger partial charge in [-0.3, -0.25) is 4.98 Å². The Balaban J connectivity index is 0.000000158. The summed E-state index contributed by atoms with van der Waals surface area (Å²) in [6.45, 7) is 2.15. The lowest BCUT2D eigenvalue weighted by atomic mass is 9.99. The van der Waals surface area contributed by atoms with Gasteiger partial charge in [0.1, 0.15) is 0 Å². The van der Waals surface area contributed by atoms with Gasteiger partial charge in [-0.25, -0.2) is 0 Å². The number of nitrogens with two attached hydrogens (primary N) is 1. The van der Waals surface area contributed by atoms with Gasteiger partial charge in [-0.2, -0.15) is 0 Å². The molecule has 0 spiro atoms. The quantitative estimate of drug-likeness (QED) is 0.185. The molecular formula is C51H38N4. The number of aryl methyl sites for hydroxylation is 1. The minimum Gasteiger partial charge on any atom is -0.398 e. The second-order valence-corrected chi connectivity index (χ2v) is 14.2. The van der Waals surface area contributed by atoms with Gasteiger partial charge >= 0.3 is 0 Å². The molecule has 1 aliphatic rings. The average molecular weight is 707 g/mol. The van der Waals surface area contributed by atoms with Crippen molar-refractivity contribution in [3.63, 3.8) is 0 Å². The fourth-order valence-corrected chi connectivity index (χ4v) is 8.42. The number of anilines is 1. The van der Waals surface area contributed by atoms with Crippen LogP contribution in [0.4, 0.5) is 5.69 Å². The van der Waals surface area contributed by atoms with E-state index in [0.717, 1.165) is 34.5 Å². The van der Waals surface area contributed by atoms with E-state index in [-0.39, 0.29) is 0 Å². The number of hydrogen-bond donors (Lipinski definition) is 1.